The van der Waals surface area contributed by atoms with Gasteiger partial charge in [0.05, 0.1) is 98.8 Å². The van der Waals surface area contributed by atoms with Crippen molar-refractivity contribution in [1.82, 2.24) is 14.3 Å². The summed E-state index contributed by atoms with van der Waals surface area (Å²) in [5.74, 6) is -6.17. The summed E-state index contributed by atoms with van der Waals surface area (Å²) in [6.07, 6.45) is 1.41. The average molecular weight is 1130 g/mol. The van der Waals surface area contributed by atoms with E-state index in [1.54, 1.807) is 93.7 Å². The highest BCUT2D eigenvalue weighted by atomic mass is 32.2. The Kier molecular flexibility index (Phi) is 12.2. The van der Waals surface area contributed by atoms with Crippen LogP contribution in [0.2, 0.25) is 0 Å². The molecule has 4 bridgehead atoms. The lowest BCUT2D eigenvalue weighted by atomic mass is 9.66. The summed E-state index contributed by atoms with van der Waals surface area (Å²) in [5, 5.41) is 32.2. The second kappa shape index (κ2) is 18.4. The van der Waals surface area contributed by atoms with E-state index in [0.717, 1.165) is 19.7 Å². The van der Waals surface area contributed by atoms with Crippen molar-refractivity contribution in [3.05, 3.63) is 143 Å². The Morgan fingerprint density at radius 3 is 1.54 bits per heavy atom. The normalized spacial score (nSPS) is 31.0. The smallest absolute Gasteiger partial charge is 0.283 e. The van der Waals surface area contributed by atoms with Crippen LogP contribution in [0.5, 0.6) is 0 Å². The molecule has 412 valence electrons. The van der Waals surface area contributed by atoms with Gasteiger partial charge in [-0.15, -0.1) is 0 Å². The number of aliphatic hydroxyl groups excluding tert-OH is 3. The van der Waals surface area contributed by atoms with Gasteiger partial charge in [0, 0.05) is 61.1 Å². The number of carbonyl (C=O) groups is 5. The topological polar surface area (TPSA) is 289 Å². The quantitative estimate of drug-likeness (QED) is 0.137. The number of nitrogens with zero attached hydrogens (tertiary/aromatic N) is 8. The molecule has 6 fully saturated rings. The van der Waals surface area contributed by atoms with Crippen molar-refractivity contribution in [3.63, 3.8) is 0 Å². The summed E-state index contributed by atoms with van der Waals surface area (Å²) in [6, 6.07) is 25.7. The van der Waals surface area contributed by atoms with Crippen LogP contribution < -0.4 is 9.80 Å². The van der Waals surface area contributed by atoms with Crippen molar-refractivity contribution < 1.29 is 65.6 Å². The Bertz CT molecular complexity index is 4180. The molecule has 3 N–H and O–H groups in total. The summed E-state index contributed by atoms with van der Waals surface area (Å²) in [6.45, 7) is 19.2. The molecule has 10 heterocycles. The first-order valence-electron chi connectivity index (χ1n) is 25.7. The third-order valence-corrected chi connectivity index (χ3v) is 20.7. The van der Waals surface area contributed by atoms with E-state index in [2.05, 4.69) is 24.1 Å². The Morgan fingerprint density at radius 1 is 0.617 bits per heavy atom. The standard InChI is InChI=1S/C28H22N4O7S.C21H19N3O5.C8H7NO2S/c1-27-20(33)14-28(39-27,11-13-31-24(34)16-6-3-4-8-19(16)40(31,37)38)22-21(27)25(35)32(26(22)36)18-10-9-17(29-2)23-15(18)7-5-12-30-23;1-20-14(26)10-21(29-20,7-9-25)16-15(20)18(27)24(19(16)28)13-6-5-12(22-2)17-11(13)4-3-8-23-17;1-6-7-4-2-3-5-8(7)12(10,11)9-6/h3-10,12,20-22,33H,11,13-14H2,1H3;3-6,8,14-16,25-26H,7,9-10H2,1H3;2-5H,1H3/t20-,21-,22+,27?,28?;14-,15-,16+,20?,21?;/m11./s1. The molecule has 10 atom stereocenters. The lowest BCUT2D eigenvalue weighted by Crippen LogP contribution is -2.50. The van der Waals surface area contributed by atoms with Crippen molar-refractivity contribution in [2.24, 2.45) is 28.1 Å². The summed E-state index contributed by atoms with van der Waals surface area (Å²) >= 11 is 0. The van der Waals surface area contributed by atoms with Crippen molar-refractivity contribution in [3.8, 4) is 0 Å². The summed E-state index contributed by atoms with van der Waals surface area (Å²) < 4.78 is 65.6. The van der Waals surface area contributed by atoms with Gasteiger partial charge in [-0.25, -0.2) is 32.2 Å². The number of rotatable bonds is 7. The monoisotopic (exact) mass is 1130 g/mol. The number of hydrogen-bond donors (Lipinski definition) is 3. The minimum Gasteiger partial charge on any atom is -0.396 e. The zero-order valence-corrected chi connectivity index (χ0v) is 45.0. The first-order valence-corrected chi connectivity index (χ1v) is 28.6. The van der Waals surface area contributed by atoms with Gasteiger partial charge >= 0.3 is 0 Å². The van der Waals surface area contributed by atoms with Crippen LogP contribution in [0.15, 0.2) is 124 Å². The maximum absolute atomic E-state index is 14.1. The fourth-order valence-electron chi connectivity index (χ4n) is 13.8. The van der Waals surface area contributed by atoms with Gasteiger partial charge in [-0.3, -0.25) is 33.9 Å². The molecule has 8 aliphatic rings. The molecule has 0 aliphatic carbocycles. The van der Waals surface area contributed by atoms with E-state index < -0.39 is 108 Å². The highest BCUT2D eigenvalue weighted by molar-refractivity contribution is 7.91. The van der Waals surface area contributed by atoms with Crippen molar-refractivity contribution in [2.75, 3.05) is 23.0 Å². The average Bonchev–Trinajstić information content (AvgIpc) is 2.99. The molecule has 4 aromatic carbocycles. The number of aromatic nitrogens is 2. The Balaban J connectivity index is 0.000000138. The molecule has 14 rings (SSSR count). The van der Waals surface area contributed by atoms with E-state index in [1.807, 2.05) is 0 Å². The predicted molar refractivity (Wildman–Crippen MR) is 287 cm³/mol. The number of fused-ring (bicyclic) bond motifs is 14. The van der Waals surface area contributed by atoms with E-state index >= 15 is 0 Å². The second-order valence-corrected chi connectivity index (χ2v) is 25.0. The predicted octanol–water partition coefficient (Wildman–Crippen LogP) is 5.18. The number of pyridine rings is 2. The summed E-state index contributed by atoms with van der Waals surface area (Å²) in [7, 11) is -7.46. The first-order chi connectivity index (χ1) is 38.5. The third kappa shape index (κ3) is 7.44. The molecule has 4 unspecified atom stereocenters. The molecule has 24 heteroatoms. The summed E-state index contributed by atoms with van der Waals surface area (Å²) in [5.41, 5.74) is -1.56. The van der Waals surface area contributed by atoms with Crippen LogP contribution in [-0.4, -0.2) is 129 Å². The van der Waals surface area contributed by atoms with Crippen molar-refractivity contribution in [1.29, 1.82) is 0 Å². The molecule has 0 spiro atoms. The van der Waals surface area contributed by atoms with E-state index in [-0.39, 0.29) is 60.7 Å². The number of imide groups is 2. The number of anilines is 2. The Morgan fingerprint density at radius 2 is 1.07 bits per heavy atom. The lowest BCUT2D eigenvalue weighted by molar-refractivity contribution is -0.135. The molecule has 8 aliphatic heterocycles. The third-order valence-electron chi connectivity index (χ3n) is 17.4. The Labute approximate surface area is 463 Å². The number of aliphatic hydroxyl groups is 3. The fourth-order valence-corrected chi connectivity index (χ4v) is 16.7. The number of carbonyl (C=O) groups excluding carboxylic acids is 5. The number of hydrogen-bond acceptors (Lipinski definition) is 16. The van der Waals surface area contributed by atoms with Gasteiger partial charge in [-0.2, -0.15) is 12.8 Å². The van der Waals surface area contributed by atoms with Gasteiger partial charge < -0.3 is 24.8 Å². The summed E-state index contributed by atoms with van der Waals surface area (Å²) in [4.78, 5) is 85.9. The number of sulfonamides is 2. The largest absolute Gasteiger partial charge is 0.396 e. The minimum atomic E-state index is -4.10. The van der Waals surface area contributed by atoms with E-state index in [4.69, 9.17) is 22.6 Å². The maximum atomic E-state index is 14.1. The van der Waals surface area contributed by atoms with Gasteiger partial charge in [0.25, 0.3) is 26.0 Å². The molecule has 6 saturated heterocycles. The SMILES string of the molecule is CC1=NS(=O)(=O)c2ccccc21.[C-]#[N+]c1ccc(N2C(=O)[C@@H]3[C@H](C2=O)C2(C)OC3(CCN3C(=O)c4ccccc4S3(=O)=O)C[C@H]2O)c2cccnc12.[C-]#[N+]c1ccc(N2C(=O)[C@@H]3[C@H](C2=O)C2(C)OC3(CCO)C[C@H]2O)c2cccnc12. The fraction of sp³-hybridized carbons (Fsp3) is 0.333. The van der Waals surface area contributed by atoms with Crippen molar-refractivity contribution in [2.45, 2.75) is 90.9 Å². The van der Waals surface area contributed by atoms with Gasteiger partial charge in [-0.1, -0.05) is 54.6 Å². The van der Waals surface area contributed by atoms with Gasteiger partial charge in [0.2, 0.25) is 35.0 Å². The molecular weight excluding hydrogens is 1080 g/mol. The number of ether oxygens (including phenoxy) is 2. The highest BCUT2D eigenvalue weighted by Crippen LogP contribution is 2.64. The van der Waals surface area contributed by atoms with Gasteiger partial charge in [0.1, 0.15) is 16.1 Å². The molecule has 81 heavy (non-hydrogen) atoms. The zero-order valence-electron chi connectivity index (χ0n) is 43.3. The molecule has 0 radical (unpaired) electrons. The van der Waals surface area contributed by atoms with E-state index in [1.165, 1.54) is 36.5 Å². The lowest BCUT2D eigenvalue weighted by Gasteiger charge is -2.34. The second-order valence-electron chi connectivity index (χ2n) is 21.6. The maximum Gasteiger partial charge on any atom is 0.283 e. The van der Waals surface area contributed by atoms with Crippen LogP contribution in [0.25, 0.3) is 31.5 Å². The first kappa shape index (κ1) is 53.4. The van der Waals surface area contributed by atoms with Gasteiger partial charge in [0.15, 0.2) is 0 Å². The van der Waals surface area contributed by atoms with Crippen LogP contribution in [0.3, 0.4) is 0 Å². The highest BCUT2D eigenvalue weighted by Gasteiger charge is 2.78. The zero-order chi connectivity index (χ0) is 57.5. The van der Waals surface area contributed by atoms with Crippen LogP contribution in [0.4, 0.5) is 22.7 Å². The van der Waals surface area contributed by atoms with Crippen LogP contribution in [0.1, 0.15) is 62.4 Å². The molecular formula is C57H48N8O14S2. The van der Waals surface area contributed by atoms with Gasteiger partial charge in [-0.05, 0) is 69.7 Å². The van der Waals surface area contributed by atoms with Crippen LogP contribution >= 0.6 is 0 Å². The Hall–Kier alpha value is -8.20. The van der Waals surface area contributed by atoms with Crippen LogP contribution in [-0.2, 0) is 48.7 Å². The molecule has 2 aromatic heterocycles. The van der Waals surface area contributed by atoms with E-state index in [9.17, 15) is 56.1 Å². The number of amides is 5. The molecule has 0 saturated carbocycles. The van der Waals surface area contributed by atoms with E-state index in [0.29, 0.717) is 43.8 Å². The molecule has 6 aromatic rings. The molecule has 22 nitrogen and oxygen atoms in total. The van der Waals surface area contributed by atoms with Crippen molar-refractivity contribution >= 4 is 99.8 Å². The molecule has 5 amide bonds. The number of benzene rings is 4. The van der Waals surface area contributed by atoms with Crippen LogP contribution in [0, 0.1) is 36.8 Å². The minimum absolute atomic E-state index is 0.00547.